The van der Waals surface area contributed by atoms with E-state index in [4.69, 9.17) is 5.26 Å². The zero-order valence-electron chi connectivity index (χ0n) is 10.8. The summed E-state index contributed by atoms with van der Waals surface area (Å²) in [5, 5.41) is 8.65. The summed E-state index contributed by atoms with van der Waals surface area (Å²) in [6.07, 6.45) is 3.68. The second-order valence-corrected chi connectivity index (χ2v) is 5.59. The van der Waals surface area contributed by atoms with Gasteiger partial charge in [0.2, 0.25) is 5.91 Å². The molecule has 16 heavy (non-hydrogen) atoms. The molecule has 3 heteroatoms. The van der Waals surface area contributed by atoms with Crippen molar-refractivity contribution < 1.29 is 4.79 Å². The normalized spacial score (nSPS) is 24.8. The van der Waals surface area contributed by atoms with Gasteiger partial charge in [0.05, 0.1) is 12.5 Å². The zero-order valence-corrected chi connectivity index (χ0v) is 10.8. The second-order valence-electron chi connectivity index (χ2n) is 5.59. The lowest BCUT2D eigenvalue weighted by molar-refractivity contribution is -0.138. The molecule has 1 fully saturated rings. The maximum Gasteiger partial charge on any atom is 0.226 e. The zero-order chi connectivity index (χ0) is 12.3. The molecule has 0 radical (unpaired) electrons. The van der Waals surface area contributed by atoms with Gasteiger partial charge in [0, 0.05) is 19.0 Å². The second kappa shape index (κ2) is 4.86. The minimum atomic E-state index is 0.0221. The summed E-state index contributed by atoms with van der Waals surface area (Å²) in [6, 6.07) is 2.14. The molecule has 0 bridgehead atoms. The standard InChI is InChI=1S/C13H22N2O/c1-10(7-9-14)15(4)12(16)11-6-5-8-13(11,2)3/h10-11H,5-8H2,1-4H3. The van der Waals surface area contributed by atoms with E-state index in [2.05, 4.69) is 19.9 Å². The summed E-state index contributed by atoms with van der Waals surface area (Å²) < 4.78 is 0. The molecular weight excluding hydrogens is 200 g/mol. The molecule has 1 amide bonds. The van der Waals surface area contributed by atoms with E-state index in [0.29, 0.717) is 6.42 Å². The summed E-state index contributed by atoms with van der Waals surface area (Å²) in [5.74, 6) is 0.351. The number of carbonyl (C=O) groups excluding carboxylic acids is 1. The molecule has 1 aliphatic carbocycles. The van der Waals surface area contributed by atoms with Crippen LogP contribution in [0, 0.1) is 22.7 Å². The highest BCUT2D eigenvalue weighted by molar-refractivity contribution is 5.80. The summed E-state index contributed by atoms with van der Waals surface area (Å²) in [4.78, 5) is 14.0. The summed E-state index contributed by atoms with van der Waals surface area (Å²) in [6.45, 7) is 6.28. The minimum Gasteiger partial charge on any atom is -0.342 e. The van der Waals surface area contributed by atoms with Gasteiger partial charge in [0.1, 0.15) is 0 Å². The van der Waals surface area contributed by atoms with Crippen LogP contribution in [0.1, 0.15) is 46.5 Å². The molecule has 2 unspecified atom stereocenters. The van der Waals surface area contributed by atoms with Gasteiger partial charge in [-0.25, -0.2) is 0 Å². The third-order valence-corrected chi connectivity index (χ3v) is 3.95. The van der Waals surface area contributed by atoms with Crippen molar-refractivity contribution in [2.75, 3.05) is 7.05 Å². The fraction of sp³-hybridized carbons (Fsp3) is 0.846. The molecule has 0 aromatic rings. The average molecular weight is 222 g/mol. The Morgan fingerprint density at radius 1 is 1.62 bits per heavy atom. The van der Waals surface area contributed by atoms with Crippen molar-refractivity contribution in [1.82, 2.24) is 4.90 Å². The van der Waals surface area contributed by atoms with E-state index in [1.807, 2.05) is 14.0 Å². The molecule has 0 N–H and O–H groups in total. The van der Waals surface area contributed by atoms with Crippen LogP contribution in [0.25, 0.3) is 0 Å². The highest BCUT2D eigenvalue weighted by Crippen LogP contribution is 2.43. The van der Waals surface area contributed by atoms with Crippen LogP contribution in [0.4, 0.5) is 0 Å². The summed E-state index contributed by atoms with van der Waals surface area (Å²) in [5.41, 5.74) is 0.123. The molecular formula is C13H22N2O. The molecule has 0 spiro atoms. The van der Waals surface area contributed by atoms with Crippen LogP contribution in [0.5, 0.6) is 0 Å². The van der Waals surface area contributed by atoms with E-state index >= 15 is 0 Å². The fourth-order valence-electron chi connectivity index (χ4n) is 2.52. The van der Waals surface area contributed by atoms with Gasteiger partial charge in [0.25, 0.3) is 0 Å². The third kappa shape index (κ3) is 2.55. The number of carbonyl (C=O) groups is 1. The van der Waals surface area contributed by atoms with Gasteiger partial charge < -0.3 is 4.90 Å². The largest absolute Gasteiger partial charge is 0.342 e. The minimum absolute atomic E-state index is 0.0221. The lowest BCUT2D eigenvalue weighted by Gasteiger charge is -2.32. The van der Waals surface area contributed by atoms with Crippen LogP contribution in [-0.2, 0) is 4.79 Å². The topological polar surface area (TPSA) is 44.1 Å². The number of hydrogen-bond acceptors (Lipinski definition) is 2. The Morgan fingerprint density at radius 2 is 2.25 bits per heavy atom. The van der Waals surface area contributed by atoms with Crippen LogP contribution < -0.4 is 0 Å². The van der Waals surface area contributed by atoms with E-state index in [0.717, 1.165) is 19.3 Å². The van der Waals surface area contributed by atoms with Crippen molar-refractivity contribution in [2.45, 2.75) is 52.5 Å². The predicted octanol–water partition coefficient (Wildman–Crippen LogP) is 2.57. The Labute approximate surface area is 98.4 Å². The van der Waals surface area contributed by atoms with E-state index in [1.165, 1.54) is 0 Å². The first-order chi connectivity index (χ1) is 7.40. The molecule has 0 aromatic heterocycles. The average Bonchev–Trinajstić information content (AvgIpc) is 2.56. The molecule has 1 aliphatic rings. The summed E-state index contributed by atoms with van der Waals surface area (Å²) in [7, 11) is 1.82. The lowest BCUT2D eigenvalue weighted by Crippen LogP contribution is -2.42. The van der Waals surface area contributed by atoms with E-state index in [1.54, 1.807) is 4.90 Å². The maximum atomic E-state index is 12.3. The van der Waals surface area contributed by atoms with Crippen LogP contribution in [-0.4, -0.2) is 23.9 Å². The Bertz CT molecular complexity index is 304. The Morgan fingerprint density at radius 3 is 2.69 bits per heavy atom. The smallest absolute Gasteiger partial charge is 0.226 e. The van der Waals surface area contributed by atoms with Gasteiger partial charge in [-0.1, -0.05) is 20.3 Å². The van der Waals surface area contributed by atoms with Crippen LogP contribution in [0.15, 0.2) is 0 Å². The fourth-order valence-corrected chi connectivity index (χ4v) is 2.52. The van der Waals surface area contributed by atoms with E-state index < -0.39 is 0 Å². The monoisotopic (exact) mass is 222 g/mol. The molecule has 3 nitrogen and oxygen atoms in total. The van der Waals surface area contributed by atoms with Crippen LogP contribution in [0.3, 0.4) is 0 Å². The molecule has 0 heterocycles. The first-order valence-electron chi connectivity index (χ1n) is 6.04. The molecule has 2 atom stereocenters. The molecule has 0 aromatic carbocycles. The first-order valence-corrected chi connectivity index (χ1v) is 6.04. The predicted molar refractivity (Wildman–Crippen MR) is 63.6 cm³/mol. The first kappa shape index (κ1) is 13.0. The van der Waals surface area contributed by atoms with E-state index in [9.17, 15) is 4.79 Å². The summed E-state index contributed by atoms with van der Waals surface area (Å²) >= 11 is 0. The SMILES string of the molecule is CC(CC#N)N(C)C(=O)C1CCCC1(C)C. The van der Waals surface area contributed by atoms with Crippen molar-refractivity contribution in [2.24, 2.45) is 11.3 Å². The molecule has 0 aliphatic heterocycles. The highest BCUT2D eigenvalue weighted by atomic mass is 16.2. The van der Waals surface area contributed by atoms with Crippen molar-refractivity contribution in [3.63, 3.8) is 0 Å². The van der Waals surface area contributed by atoms with Gasteiger partial charge in [0.15, 0.2) is 0 Å². The van der Waals surface area contributed by atoms with Gasteiger partial charge in [-0.05, 0) is 25.2 Å². The van der Waals surface area contributed by atoms with Crippen LogP contribution >= 0.6 is 0 Å². The Kier molecular flexibility index (Phi) is 3.96. The highest BCUT2D eigenvalue weighted by Gasteiger charge is 2.41. The van der Waals surface area contributed by atoms with Crippen molar-refractivity contribution in [3.8, 4) is 6.07 Å². The van der Waals surface area contributed by atoms with Crippen molar-refractivity contribution in [1.29, 1.82) is 5.26 Å². The molecule has 0 saturated heterocycles. The molecule has 1 rings (SSSR count). The number of nitriles is 1. The third-order valence-electron chi connectivity index (χ3n) is 3.95. The number of nitrogens with zero attached hydrogens (tertiary/aromatic N) is 2. The van der Waals surface area contributed by atoms with Gasteiger partial charge >= 0.3 is 0 Å². The Hall–Kier alpha value is -1.04. The maximum absolute atomic E-state index is 12.3. The number of amides is 1. The van der Waals surface area contributed by atoms with Gasteiger partial charge in [-0.15, -0.1) is 0 Å². The number of hydrogen-bond donors (Lipinski definition) is 0. The molecule has 1 saturated carbocycles. The van der Waals surface area contributed by atoms with Gasteiger partial charge in [-0.2, -0.15) is 5.26 Å². The quantitative estimate of drug-likeness (QED) is 0.736. The number of rotatable bonds is 3. The van der Waals surface area contributed by atoms with Crippen molar-refractivity contribution >= 4 is 5.91 Å². The Balaban J connectivity index is 2.68. The lowest BCUT2D eigenvalue weighted by atomic mass is 9.81. The van der Waals surface area contributed by atoms with Crippen molar-refractivity contribution in [3.05, 3.63) is 0 Å². The van der Waals surface area contributed by atoms with Crippen LogP contribution in [0.2, 0.25) is 0 Å². The molecule has 90 valence electrons. The van der Waals surface area contributed by atoms with Gasteiger partial charge in [-0.3, -0.25) is 4.79 Å². The van der Waals surface area contributed by atoms with E-state index in [-0.39, 0.29) is 23.3 Å².